The van der Waals surface area contributed by atoms with Crippen molar-refractivity contribution in [3.05, 3.63) is 0 Å². The van der Waals surface area contributed by atoms with Crippen molar-refractivity contribution < 1.29 is 39.8 Å². The van der Waals surface area contributed by atoms with Crippen molar-refractivity contribution >= 4 is 5.97 Å². The number of rotatable bonds is 1. The van der Waals surface area contributed by atoms with Gasteiger partial charge in [0.1, 0.15) is 23.4 Å². The summed E-state index contributed by atoms with van der Waals surface area (Å²) in [6.07, 6.45) is -5.27. The van der Waals surface area contributed by atoms with Gasteiger partial charge in [-0.05, 0) is 46.5 Å². The Kier molecular flexibility index (Phi) is 6.80. The van der Waals surface area contributed by atoms with Crippen molar-refractivity contribution in [3.8, 4) is 0 Å². The monoisotopic (exact) mass is 418 g/mol. The summed E-state index contributed by atoms with van der Waals surface area (Å²) >= 11 is 0. The molecule has 0 aromatic heterocycles. The van der Waals surface area contributed by atoms with Gasteiger partial charge >= 0.3 is 5.97 Å². The van der Waals surface area contributed by atoms with Crippen LogP contribution in [0.15, 0.2) is 0 Å². The topological polar surface area (TPSA) is 137 Å². The van der Waals surface area contributed by atoms with Crippen LogP contribution >= 0.6 is 0 Å². The molecule has 0 aromatic rings. The normalized spacial score (nSPS) is 54.8. The van der Waals surface area contributed by atoms with Crippen LogP contribution in [-0.2, 0) is 14.3 Å². The molecule has 0 aromatic carbocycles. The highest BCUT2D eigenvalue weighted by Crippen LogP contribution is 2.46. The number of hydrogen-bond donors (Lipinski definition) is 5. The number of aliphatic hydroxyl groups excluding tert-OH is 3. The summed E-state index contributed by atoms with van der Waals surface area (Å²) in [6.45, 7) is 11.1. The van der Waals surface area contributed by atoms with Crippen LogP contribution in [0.5, 0.6) is 0 Å². The van der Waals surface area contributed by atoms with E-state index < -0.39 is 71.0 Å². The molecule has 0 unspecified atom stereocenters. The summed E-state index contributed by atoms with van der Waals surface area (Å²) in [4.78, 5) is 12.7. The second-order valence-electron chi connectivity index (χ2n) is 9.81. The van der Waals surface area contributed by atoms with Crippen LogP contribution in [0, 0.1) is 17.8 Å². The van der Waals surface area contributed by atoms with Crippen LogP contribution in [0.3, 0.4) is 0 Å². The van der Waals surface area contributed by atoms with Crippen molar-refractivity contribution in [2.75, 3.05) is 0 Å². The molecule has 2 aliphatic rings. The lowest BCUT2D eigenvalue weighted by Crippen LogP contribution is -2.56. The Morgan fingerprint density at radius 1 is 1.07 bits per heavy atom. The van der Waals surface area contributed by atoms with Gasteiger partial charge in [0.25, 0.3) is 0 Å². The predicted molar refractivity (Wildman–Crippen MR) is 105 cm³/mol. The van der Waals surface area contributed by atoms with Crippen LogP contribution in [0.4, 0.5) is 0 Å². The van der Waals surface area contributed by atoms with E-state index in [0.29, 0.717) is 6.42 Å². The molecule has 8 nitrogen and oxygen atoms in total. The summed E-state index contributed by atoms with van der Waals surface area (Å²) in [6, 6.07) is 0. The van der Waals surface area contributed by atoms with Crippen LogP contribution in [0.25, 0.3) is 0 Å². The number of fused-ring (bicyclic) bond motifs is 2. The van der Waals surface area contributed by atoms with Gasteiger partial charge in [-0.3, -0.25) is 4.79 Å². The van der Waals surface area contributed by atoms with Crippen molar-refractivity contribution in [3.63, 3.8) is 0 Å². The first kappa shape index (κ1) is 24.5. The molecule has 2 saturated heterocycles. The molecule has 0 saturated carbocycles. The lowest BCUT2D eigenvalue weighted by Gasteiger charge is -2.40. The predicted octanol–water partition coefficient (Wildman–Crippen LogP) is 0.362. The number of esters is 1. The molecular formula is C21H38O8. The van der Waals surface area contributed by atoms with Crippen molar-refractivity contribution in [1.82, 2.24) is 0 Å². The van der Waals surface area contributed by atoms with E-state index in [1.165, 1.54) is 20.8 Å². The molecule has 0 radical (unpaired) electrons. The maximum absolute atomic E-state index is 12.7. The van der Waals surface area contributed by atoms with Crippen molar-refractivity contribution in [2.45, 2.75) is 109 Å². The zero-order valence-electron chi connectivity index (χ0n) is 18.5. The Morgan fingerprint density at radius 2 is 1.62 bits per heavy atom. The molecule has 2 aliphatic heterocycles. The molecule has 0 spiro atoms. The summed E-state index contributed by atoms with van der Waals surface area (Å²) in [7, 11) is 0. The number of carbonyl (C=O) groups excluding carboxylic acids is 1. The SMILES string of the molecule is CC[C@H]1OC(=O)[C@H](C)[C@@H](O)[C@H](C)[C@@H](O)[C@](C)(O)C[C@@H](C)[C@H]2O[C@]1(C)[C@@H](O)[C@]2(C)O. The van der Waals surface area contributed by atoms with Gasteiger partial charge in [0, 0.05) is 5.92 Å². The average molecular weight is 419 g/mol. The summed E-state index contributed by atoms with van der Waals surface area (Å²) in [5.41, 5.74) is -4.65. The molecule has 5 N–H and O–H groups in total. The zero-order chi connectivity index (χ0) is 22.5. The summed E-state index contributed by atoms with van der Waals surface area (Å²) in [5.74, 6) is -2.93. The molecule has 2 rings (SSSR count). The minimum Gasteiger partial charge on any atom is -0.459 e. The Balaban J connectivity index is 2.55. The highest BCUT2D eigenvalue weighted by molar-refractivity contribution is 5.73. The lowest BCUT2D eigenvalue weighted by molar-refractivity contribution is -0.189. The molecule has 29 heavy (non-hydrogen) atoms. The molecule has 170 valence electrons. The first-order valence-corrected chi connectivity index (χ1v) is 10.5. The average Bonchev–Trinajstić information content (AvgIpc) is 2.83. The third kappa shape index (κ3) is 4.07. The van der Waals surface area contributed by atoms with Gasteiger partial charge in [0.05, 0.1) is 29.8 Å². The fourth-order valence-corrected chi connectivity index (χ4v) is 5.22. The van der Waals surface area contributed by atoms with Crippen molar-refractivity contribution in [1.29, 1.82) is 0 Å². The number of aliphatic hydroxyl groups is 5. The van der Waals surface area contributed by atoms with E-state index in [-0.39, 0.29) is 6.42 Å². The second kappa shape index (κ2) is 8.05. The molecular weight excluding hydrogens is 380 g/mol. The number of cyclic esters (lactones) is 1. The standard InChI is InChI=1S/C21H38O8/c1-8-13-21(7)18(25)20(6,27)16(29-21)10(2)9-19(5,26)15(23)11(3)14(22)12(4)17(24)28-13/h10-16,18,22-23,25-27H,8-9H2,1-7H3/t10-,11+,12-,13-,14+,15-,16-,18+,19-,20-,21+/m1/s1. The van der Waals surface area contributed by atoms with Crippen molar-refractivity contribution in [2.24, 2.45) is 17.8 Å². The number of carbonyl (C=O) groups is 1. The first-order valence-electron chi connectivity index (χ1n) is 10.5. The molecule has 0 aliphatic carbocycles. The highest BCUT2D eigenvalue weighted by Gasteiger charge is 2.63. The maximum Gasteiger partial charge on any atom is 0.311 e. The van der Waals surface area contributed by atoms with E-state index in [1.54, 1.807) is 27.7 Å². The maximum atomic E-state index is 12.7. The van der Waals surface area contributed by atoms with Crippen LogP contribution in [0.2, 0.25) is 0 Å². The Morgan fingerprint density at radius 3 is 2.14 bits per heavy atom. The lowest BCUT2D eigenvalue weighted by atomic mass is 9.74. The van der Waals surface area contributed by atoms with E-state index >= 15 is 0 Å². The van der Waals surface area contributed by atoms with E-state index in [9.17, 15) is 30.3 Å². The van der Waals surface area contributed by atoms with Crippen LogP contribution < -0.4 is 0 Å². The Hall–Kier alpha value is -0.770. The zero-order valence-corrected chi connectivity index (χ0v) is 18.5. The van der Waals surface area contributed by atoms with Gasteiger partial charge in [-0.2, -0.15) is 0 Å². The van der Waals surface area contributed by atoms with E-state index in [0.717, 1.165) is 0 Å². The minimum atomic E-state index is -1.66. The van der Waals surface area contributed by atoms with E-state index in [1.807, 2.05) is 0 Å². The Labute approximate surface area is 172 Å². The van der Waals surface area contributed by atoms with Crippen LogP contribution in [0.1, 0.15) is 61.3 Å². The molecule has 0 amide bonds. The minimum absolute atomic E-state index is 0.0504. The smallest absolute Gasteiger partial charge is 0.311 e. The van der Waals surface area contributed by atoms with Gasteiger partial charge in [-0.15, -0.1) is 0 Å². The first-order chi connectivity index (χ1) is 13.1. The fourth-order valence-electron chi connectivity index (χ4n) is 5.22. The van der Waals surface area contributed by atoms with E-state index in [2.05, 4.69) is 0 Å². The van der Waals surface area contributed by atoms with Crippen LogP contribution in [-0.4, -0.2) is 78.8 Å². The summed E-state index contributed by atoms with van der Waals surface area (Å²) < 4.78 is 11.8. The number of ether oxygens (including phenoxy) is 2. The number of hydrogen-bond acceptors (Lipinski definition) is 8. The molecule has 2 heterocycles. The van der Waals surface area contributed by atoms with Gasteiger partial charge in [-0.25, -0.2) is 0 Å². The Bertz CT molecular complexity index is 605. The van der Waals surface area contributed by atoms with Gasteiger partial charge < -0.3 is 35.0 Å². The van der Waals surface area contributed by atoms with Gasteiger partial charge in [-0.1, -0.05) is 20.8 Å². The molecule has 2 bridgehead atoms. The third-order valence-electron chi connectivity index (χ3n) is 7.13. The van der Waals surface area contributed by atoms with Gasteiger partial charge in [0.2, 0.25) is 0 Å². The molecule has 8 heteroatoms. The largest absolute Gasteiger partial charge is 0.459 e. The molecule has 2 fully saturated rings. The highest BCUT2D eigenvalue weighted by atomic mass is 16.6. The second-order valence-corrected chi connectivity index (χ2v) is 9.81. The fraction of sp³-hybridized carbons (Fsp3) is 0.952. The quantitative estimate of drug-likeness (QED) is 0.385. The summed E-state index contributed by atoms with van der Waals surface area (Å²) in [5, 5.41) is 54.3. The van der Waals surface area contributed by atoms with E-state index in [4.69, 9.17) is 9.47 Å². The third-order valence-corrected chi connectivity index (χ3v) is 7.13. The van der Waals surface area contributed by atoms with Gasteiger partial charge in [0.15, 0.2) is 0 Å². The molecule has 11 atom stereocenters.